The number of fused-ring (bicyclic) bond motifs is 4. The van der Waals surface area contributed by atoms with E-state index in [4.69, 9.17) is 9.72 Å². The quantitative estimate of drug-likeness (QED) is 0.317. The minimum atomic E-state index is -0.339. The molecule has 0 amide bonds. The van der Waals surface area contributed by atoms with Gasteiger partial charge in [0.05, 0.1) is 34.2 Å². The van der Waals surface area contributed by atoms with Crippen LogP contribution in [0.15, 0.2) is 54.6 Å². The molecule has 0 aliphatic carbocycles. The van der Waals surface area contributed by atoms with Crippen molar-refractivity contribution in [3.05, 3.63) is 60.2 Å². The Morgan fingerprint density at radius 2 is 1.78 bits per heavy atom. The molecule has 112 valence electrons. The van der Waals surface area contributed by atoms with Gasteiger partial charge in [-0.15, -0.1) is 0 Å². The van der Waals surface area contributed by atoms with Gasteiger partial charge in [0.2, 0.25) is 0 Å². The van der Waals surface area contributed by atoms with Crippen LogP contribution in [-0.4, -0.2) is 22.5 Å². The van der Waals surface area contributed by atoms with Crippen molar-refractivity contribution < 1.29 is 9.53 Å². The highest BCUT2D eigenvalue weighted by Gasteiger charge is 2.10. The summed E-state index contributed by atoms with van der Waals surface area (Å²) in [6.45, 7) is 2.14. The number of esters is 1. The molecular formula is C19H14N2O2. The van der Waals surface area contributed by atoms with Crippen molar-refractivity contribution in [1.82, 2.24) is 9.97 Å². The first-order chi connectivity index (χ1) is 11.3. The molecule has 1 aromatic heterocycles. The Morgan fingerprint density at radius 3 is 2.65 bits per heavy atom. The lowest BCUT2D eigenvalue weighted by molar-refractivity contribution is 0.0526. The standard InChI is InChI=1S/C19H14N2O2/c1-2-23-19(22)13-8-9-15-17(11-13)21-18-14-6-4-3-5-12(14)7-10-16(18)20-15/h3-11H,2H2,1H3. The highest BCUT2D eigenvalue weighted by Crippen LogP contribution is 2.25. The Labute approximate surface area is 132 Å². The van der Waals surface area contributed by atoms with Gasteiger partial charge in [-0.25, -0.2) is 14.8 Å². The molecule has 3 aromatic carbocycles. The first kappa shape index (κ1) is 13.6. The third-order valence-electron chi connectivity index (χ3n) is 3.84. The van der Waals surface area contributed by atoms with Crippen LogP contribution in [0.4, 0.5) is 0 Å². The average molecular weight is 302 g/mol. The monoisotopic (exact) mass is 302 g/mol. The number of ether oxygens (including phenoxy) is 1. The van der Waals surface area contributed by atoms with Gasteiger partial charge in [-0.1, -0.05) is 30.3 Å². The van der Waals surface area contributed by atoms with Crippen LogP contribution in [-0.2, 0) is 4.74 Å². The second-order valence-corrected chi connectivity index (χ2v) is 5.30. The van der Waals surface area contributed by atoms with E-state index in [0.29, 0.717) is 17.7 Å². The molecule has 0 aliphatic rings. The maximum atomic E-state index is 11.9. The summed E-state index contributed by atoms with van der Waals surface area (Å²) in [5, 5.41) is 2.18. The largest absolute Gasteiger partial charge is 0.462 e. The molecule has 0 fully saturated rings. The average Bonchev–Trinajstić information content (AvgIpc) is 2.59. The Morgan fingerprint density at radius 1 is 0.957 bits per heavy atom. The third-order valence-corrected chi connectivity index (χ3v) is 3.84. The molecule has 4 rings (SSSR count). The summed E-state index contributed by atoms with van der Waals surface area (Å²) in [7, 11) is 0. The molecule has 0 N–H and O–H groups in total. The maximum absolute atomic E-state index is 11.9. The minimum absolute atomic E-state index is 0.339. The lowest BCUT2D eigenvalue weighted by Gasteiger charge is -2.06. The van der Waals surface area contributed by atoms with Gasteiger partial charge in [-0.2, -0.15) is 0 Å². The van der Waals surface area contributed by atoms with Gasteiger partial charge in [0.15, 0.2) is 0 Å². The smallest absolute Gasteiger partial charge is 0.338 e. The van der Waals surface area contributed by atoms with Gasteiger partial charge in [-0.3, -0.25) is 0 Å². The number of aromatic nitrogens is 2. The summed E-state index contributed by atoms with van der Waals surface area (Å²) < 4.78 is 5.05. The molecule has 0 spiro atoms. The minimum Gasteiger partial charge on any atom is -0.462 e. The van der Waals surface area contributed by atoms with Gasteiger partial charge in [-0.05, 0) is 36.6 Å². The predicted octanol–water partition coefficient (Wildman–Crippen LogP) is 4.11. The molecule has 23 heavy (non-hydrogen) atoms. The van der Waals surface area contributed by atoms with Crippen molar-refractivity contribution in [1.29, 1.82) is 0 Å². The van der Waals surface area contributed by atoms with Crippen molar-refractivity contribution >= 4 is 38.8 Å². The number of carbonyl (C=O) groups excluding carboxylic acids is 1. The van der Waals surface area contributed by atoms with Crippen LogP contribution in [0.1, 0.15) is 17.3 Å². The first-order valence-corrected chi connectivity index (χ1v) is 7.52. The highest BCUT2D eigenvalue weighted by molar-refractivity contribution is 6.06. The van der Waals surface area contributed by atoms with Crippen molar-refractivity contribution in [3.8, 4) is 0 Å². The highest BCUT2D eigenvalue weighted by atomic mass is 16.5. The third kappa shape index (κ3) is 2.28. The van der Waals surface area contributed by atoms with E-state index in [1.165, 1.54) is 0 Å². The summed E-state index contributed by atoms with van der Waals surface area (Å²) >= 11 is 0. The Balaban J connectivity index is 1.99. The van der Waals surface area contributed by atoms with E-state index in [-0.39, 0.29) is 5.97 Å². The normalized spacial score (nSPS) is 11.2. The van der Waals surface area contributed by atoms with Gasteiger partial charge < -0.3 is 4.74 Å². The Bertz CT molecular complexity index is 1060. The number of hydrogen-bond acceptors (Lipinski definition) is 4. The number of rotatable bonds is 2. The molecule has 0 bridgehead atoms. The van der Waals surface area contributed by atoms with E-state index in [1.807, 2.05) is 36.4 Å². The summed E-state index contributed by atoms with van der Waals surface area (Å²) in [6.07, 6.45) is 0. The molecule has 4 aromatic rings. The van der Waals surface area contributed by atoms with Gasteiger partial charge in [0.25, 0.3) is 0 Å². The topological polar surface area (TPSA) is 52.1 Å². The van der Waals surface area contributed by atoms with E-state index in [9.17, 15) is 4.79 Å². The Kier molecular flexibility index (Phi) is 3.15. The lowest BCUT2D eigenvalue weighted by Crippen LogP contribution is -2.04. The second kappa shape index (κ2) is 5.32. The fourth-order valence-electron chi connectivity index (χ4n) is 2.75. The van der Waals surface area contributed by atoms with Crippen LogP contribution >= 0.6 is 0 Å². The summed E-state index contributed by atoms with van der Waals surface area (Å²) in [5.74, 6) is -0.339. The fourth-order valence-corrected chi connectivity index (χ4v) is 2.75. The van der Waals surface area contributed by atoms with Crippen LogP contribution in [0, 0.1) is 0 Å². The molecule has 0 saturated carbocycles. The molecule has 0 saturated heterocycles. The second-order valence-electron chi connectivity index (χ2n) is 5.30. The molecule has 4 heteroatoms. The van der Waals surface area contributed by atoms with E-state index < -0.39 is 0 Å². The molecule has 4 nitrogen and oxygen atoms in total. The molecule has 0 aliphatic heterocycles. The number of benzene rings is 3. The van der Waals surface area contributed by atoms with E-state index in [1.54, 1.807) is 19.1 Å². The van der Waals surface area contributed by atoms with Gasteiger partial charge in [0, 0.05) is 5.39 Å². The Hall–Kier alpha value is -3.01. The molecular weight excluding hydrogens is 288 g/mol. The zero-order chi connectivity index (χ0) is 15.8. The summed E-state index contributed by atoms with van der Waals surface area (Å²) in [6, 6.07) is 17.4. The van der Waals surface area contributed by atoms with Crippen molar-refractivity contribution in [2.45, 2.75) is 6.92 Å². The zero-order valence-corrected chi connectivity index (χ0v) is 12.6. The van der Waals surface area contributed by atoms with E-state index in [0.717, 1.165) is 27.3 Å². The van der Waals surface area contributed by atoms with Gasteiger partial charge >= 0.3 is 5.97 Å². The van der Waals surface area contributed by atoms with E-state index >= 15 is 0 Å². The summed E-state index contributed by atoms with van der Waals surface area (Å²) in [5.41, 5.74) is 3.64. The van der Waals surface area contributed by atoms with Crippen molar-refractivity contribution in [2.75, 3.05) is 6.61 Å². The zero-order valence-electron chi connectivity index (χ0n) is 12.6. The van der Waals surface area contributed by atoms with Crippen molar-refractivity contribution in [3.63, 3.8) is 0 Å². The number of hydrogen-bond donors (Lipinski definition) is 0. The first-order valence-electron chi connectivity index (χ1n) is 7.52. The van der Waals surface area contributed by atoms with E-state index in [2.05, 4.69) is 11.1 Å². The predicted molar refractivity (Wildman–Crippen MR) is 90.5 cm³/mol. The molecule has 0 radical (unpaired) electrons. The molecule has 1 heterocycles. The molecule has 0 atom stereocenters. The SMILES string of the molecule is CCOC(=O)c1ccc2nc3ccc4ccccc4c3nc2c1. The van der Waals surface area contributed by atoms with Crippen LogP contribution in [0.5, 0.6) is 0 Å². The van der Waals surface area contributed by atoms with Crippen LogP contribution in [0.2, 0.25) is 0 Å². The molecule has 0 unspecified atom stereocenters. The maximum Gasteiger partial charge on any atom is 0.338 e. The summed E-state index contributed by atoms with van der Waals surface area (Å²) in [4.78, 5) is 21.3. The fraction of sp³-hybridized carbons (Fsp3) is 0.105. The van der Waals surface area contributed by atoms with Crippen LogP contribution in [0.3, 0.4) is 0 Å². The number of nitrogens with zero attached hydrogens (tertiary/aromatic N) is 2. The lowest BCUT2D eigenvalue weighted by atomic mass is 10.1. The van der Waals surface area contributed by atoms with Crippen LogP contribution < -0.4 is 0 Å². The number of carbonyl (C=O) groups is 1. The van der Waals surface area contributed by atoms with Gasteiger partial charge in [0.1, 0.15) is 0 Å². The van der Waals surface area contributed by atoms with Crippen LogP contribution in [0.25, 0.3) is 32.8 Å². The van der Waals surface area contributed by atoms with Crippen molar-refractivity contribution in [2.24, 2.45) is 0 Å².